The van der Waals surface area contributed by atoms with Crippen LogP contribution in [0.1, 0.15) is 28.8 Å². The molecule has 0 spiro atoms. The van der Waals surface area contributed by atoms with Gasteiger partial charge in [0, 0.05) is 18.9 Å². The molecule has 6 heteroatoms. The van der Waals surface area contributed by atoms with Gasteiger partial charge in [-0.25, -0.2) is 0 Å². The lowest BCUT2D eigenvalue weighted by molar-refractivity contribution is -0.119. The van der Waals surface area contributed by atoms with Crippen molar-refractivity contribution in [2.75, 3.05) is 19.0 Å². The second-order valence-electron chi connectivity index (χ2n) is 5.95. The van der Waals surface area contributed by atoms with E-state index >= 15 is 0 Å². The minimum Gasteiger partial charge on any atom is -0.495 e. The summed E-state index contributed by atoms with van der Waals surface area (Å²) < 4.78 is 5.30. The normalized spacial score (nSPS) is 16.9. The number of amides is 2. The van der Waals surface area contributed by atoms with E-state index in [2.05, 4.69) is 10.3 Å². The van der Waals surface area contributed by atoms with Gasteiger partial charge < -0.3 is 19.9 Å². The Bertz CT molecular complexity index is 740. The molecule has 0 bridgehead atoms. The molecule has 1 fully saturated rings. The largest absolute Gasteiger partial charge is 0.495 e. The maximum absolute atomic E-state index is 12.7. The number of rotatable bonds is 4. The van der Waals surface area contributed by atoms with Crippen molar-refractivity contribution in [3.05, 3.63) is 47.8 Å². The molecule has 3 rings (SSSR count). The lowest BCUT2D eigenvalue weighted by Crippen LogP contribution is -2.43. The highest BCUT2D eigenvalue weighted by atomic mass is 16.5. The number of anilines is 1. The molecule has 0 saturated carbocycles. The minimum absolute atomic E-state index is 0.120. The molecular formula is C18H21N3O3. The maximum atomic E-state index is 12.7. The first-order valence-electron chi connectivity index (χ1n) is 7.99. The number of nitrogens with one attached hydrogen (secondary N) is 2. The summed E-state index contributed by atoms with van der Waals surface area (Å²) in [6.45, 7) is 2.54. The zero-order chi connectivity index (χ0) is 17.1. The van der Waals surface area contributed by atoms with Gasteiger partial charge in [0.05, 0.1) is 18.4 Å². The van der Waals surface area contributed by atoms with Crippen LogP contribution in [0.5, 0.6) is 5.75 Å². The predicted octanol–water partition coefficient (Wildman–Crippen LogP) is 2.58. The first-order chi connectivity index (χ1) is 11.6. The quantitative estimate of drug-likeness (QED) is 0.906. The molecule has 1 aromatic carbocycles. The summed E-state index contributed by atoms with van der Waals surface area (Å²) in [7, 11) is 1.57. The highest BCUT2D eigenvalue weighted by Crippen LogP contribution is 2.27. The van der Waals surface area contributed by atoms with Gasteiger partial charge in [-0.3, -0.25) is 9.59 Å². The van der Waals surface area contributed by atoms with Crippen LogP contribution in [0, 0.1) is 6.92 Å². The molecule has 1 unspecified atom stereocenters. The number of likely N-dealkylation sites (tertiary alicyclic amines) is 1. The van der Waals surface area contributed by atoms with Gasteiger partial charge in [-0.1, -0.05) is 6.07 Å². The molecule has 1 atom stereocenters. The van der Waals surface area contributed by atoms with Crippen molar-refractivity contribution >= 4 is 17.5 Å². The monoisotopic (exact) mass is 327 g/mol. The topological polar surface area (TPSA) is 74.4 Å². The molecule has 2 N–H and O–H groups in total. The van der Waals surface area contributed by atoms with Crippen LogP contribution in [0.2, 0.25) is 0 Å². The summed E-state index contributed by atoms with van der Waals surface area (Å²) in [5.74, 6) is 0.306. The lowest BCUT2D eigenvalue weighted by atomic mass is 10.1. The molecule has 1 aliphatic heterocycles. The SMILES string of the molecule is COc1ccc(C)cc1NC(=O)C1CCCN1C(=O)c1cc[nH]c1. The van der Waals surface area contributed by atoms with E-state index in [-0.39, 0.29) is 11.8 Å². The average Bonchev–Trinajstić information content (AvgIpc) is 3.26. The van der Waals surface area contributed by atoms with Gasteiger partial charge in [-0.05, 0) is 43.5 Å². The number of aromatic amines is 1. The number of H-pyrrole nitrogens is 1. The van der Waals surface area contributed by atoms with E-state index in [4.69, 9.17) is 4.74 Å². The molecule has 126 valence electrons. The van der Waals surface area contributed by atoms with Crippen LogP contribution in [0.3, 0.4) is 0 Å². The van der Waals surface area contributed by atoms with Gasteiger partial charge in [0.1, 0.15) is 11.8 Å². The second-order valence-corrected chi connectivity index (χ2v) is 5.95. The van der Waals surface area contributed by atoms with Crippen LogP contribution in [-0.2, 0) is 4.79 Å². The van der Waals surface area contributed by atoms with Crippen LogP contribution in [0.15, 0.2) is 36.7 Å². The summed E-state index contributed by atoms with van der Waals surface area (Å²) in [6.07, 6.45) is 4.84. The molecular weight excluding hydrogens is 306 g/mol. The van der Waals surface area contributed by atoms with E-state index in [1.54, 1.807) is 30.5 Å². The van der Waals surface area contributed by atoms with Crippen molar-refractivity contribution in [1.82, 2.24) is 9.88 Å². The van der Waals surface area contributed by atoms with E-state index in [9.17, 15) is 9.59 Å². The number of hydrogen-bond donors (Lipinski definition) is 2. The van der Waals surface area contributed by atoms with Crippen LogP contribution in [0.25, 0.3) is 0 Å². The van der Waals surface area contributed by atoms with Gasteiger partial charge in [0.2, 0.25) is 5.91 Å². The zero-order valence-corrected chi connectivity index (χ0v) is 13.8. The Morgan fingerprint density at radius 3 is 2.88 bits per heavy atom. The Morgan fingerprint density at radius 1 is 1.33 bits per heavy atom. The third-order valence-corrected chi connectivity index (χ3v) is 4.27. The van der Waals surface area contributed by atoms with Crippen molar-refractivity contribution in [2.45, 2.75) is 25.8 Å². The van der Waals surface area contributed by atoms with E-state index in [1.807, 2.05) is 25.1 Å². The molecule has 1 aromatic heterocycles. The third kappa shape index (κ3) is 3.13. The van der Waals surface area contributed by atoms with Gasteiger partial charge in [0.25, 0.3) is 5.91 Å². The number of nitrogens with zero attached hydrogens (tertiary/aromatic N) is 1. The van der Waals surface area contributed by atoms with Crippen LogP contribution >= 0.6 is 0 Å². The highest BCUT2D eigenvalue weighted by Gasteiger charge is 2.35. The number of benzene rings is 1. The standard InChI is InChI=1S/C18H21N3O3/c1-12-5-6-16(24-2)14(10-12)20-17(22)15-4-3-9-21(15)18(23)13-7-8-19-11-13/h5-8,10-11,15,19H,3-4,9H2,1-2H3,(H,20,22). The van der Waals surface area contributed by atoms with Crippen molar-refractivity contribution in [1.29, 1.82) is 0 Å². The van der Waals surface area contributed by atoms with Gasteiger partial charge in [-0.2, -0.15) is 0 Å². The molecule has 1 aliphatic rings. The summed E-state index contributed by atoms with van der Waals surface area (Å²) in [5, 5.41) is 2.91. The molecule has 0 radical (unpaired) electrons. The summed E-state index contributed by atoms with van der Waals surface area (Å²) in [6, 6.07) is 6.87. The Kier molecular flexibility index (Phi) is 4.55. The van der Waals surface area contributed by atoms with Crippen molar-refractivity contribution in [2.24, 2.45) is 0 Å². The van der Waals surface area contributed by atoms with E-state index in [0.29, 0.717) is 30.0 Å². The molecule has 2 heterocycles. The Labute approximate surface area is 140 Å². The fraction of sp³-hybridized carbons (Fsp3) is 0.333. The highest BCUT2D eigenvalue weighted by molar-refractivity contribution is 6.02. The number of carbonyl (C=O) groups excluding carboxylic acids is 2. The Hall–Kier alpha value is -2.76. The summed E-state index contributed by atoms with van der Waals surface area (Å²) in [5.41, 5.74) is 2.23. The first-order valence-corrected chi connectivity index (χ1v) is 7.99. The summed E-state index contributed by atoms with van der Waals surface area (Å²) in [4.78, 5) is 29.8. The van der Waals surface area contributed by atoms with E-state index in [0.717, 1.165) is 12.0 Å². The first kappa shape index (κ1) is 16.1. The fourth-order valence-corrected chi connectivity index (χ4v) is 3.04. The van der Waals surface area contributed by atoms with Crippen LogP contribution in [0.4, 0.5) is 5.69 Å². The fourth-order valence-electron chi connectivity index (χ4n) is 3.04. The second kappa shape index (κ2) is 6.78. The number of methoxy groups -OCH3 is 1. The Balaban J connectivity index is 1.77. The van der Waals surface area contributed by atoms with Crippen molar-refractivity contribution in [3.8, 4) is 5.75 Å². The number of hydrogen-bond acceptors (Lipinski definition) is 3. The van der Waals surface area contributed by atoms with Crippen LogP contribution < -0.4 is 10.1 Å². The summed E-state index contributed by atoms with van der Waals surface area (Å²) >= 11 is 0. The van der Waals surface area contributed by atoms with Crippen molar-refractivity contribution in [3.63, 3.8) is 0 Å². The number of aromatic nitrogens is 1. The third-order valence-electron chi connectivity index (χ3n) is 4.27. The zero-order valence-electron chi connectivity index (χ0n) is 13.8. The molecule has 2 aromatic rings. The average molecular weight is 327 g/mol. The van der Waals surface area contributed by atoms with E-state index < -0.39 is 6.04 Å². The lowest BCUT2D eigenvalue weighted by Gasteiger charge is -2.24. The predicted molar refractivity (Wildman–Crippen MR) is 91.2 cm³/mol. The molecule has 0 aliphatic carbocycles. The molecule has 24 heavy (non-hydrogen) atoms. The molecule has 2 amide bonds. The number of ether oxygens (including phenoxy) is 1. The Morgan fingerprint density at radius 2 is 2.17 bits per heavy atom. The van der Waals surface area contributed by atoms with Crippen molar-refractivity contribution < 1.29 is 14.3 Å². The maximum Gasteiger partial charge on any atom is 0.256 e. The van der Waals surface area contributed by atoms with E-state index in [1.165, 1.54) is 0 Å². The van der Waals surface area contributed by atoms with Gasteiger partial charge in [0.15, 0.2) is 0 Å². The van der Waals surface area contributed by atoms with Gasteiger partial charge in [-0.15, -0.1) is 0 Å². The minimum atomic E-state index is -0.461. The van der Waals surface area contributed by atoms with Crippen LogP contribution in [-0.4, -0.2) is 41.4 Å². The molecule has 6 nitrogen and oxygen atoms in total. The molecule has 1 saturated heterocycles. The number of carbonyl (C=O) groups is 2. The smallest absolute Gasteiger partial charge is 0.256 e. The van der Waals surface area contributed by atoms with Gasteiger partial charge >= 0.3 is 0 Å². The number of aryl methyl sites for hydroxylation is 1.